The maximum atomic E-state index is 5.67. The number of allylic oxidation sites excluding steroid dienone is 4. The lowest BCUT2D eigenvalue weighted by Gasteiger charge is -2.25. The van der Waals surface area contributed by atoms with E-state index in [2.05, 4.69) is 117 Å². The lowest BCUT2D eigenvalue weighted by atomic mass is 9.90. The van der Waals surface area contributed by atoms with E-state index < -0.39 is 0 Å². The molecule has 1 atom stereocenters. The van der Waals surface area contributed by atoms with Crippen LogP contribution >= 0.6 is 0 Å². The SMILES string of the molecule is CCCC(CCC)c1ccc(N(C)C2=CCC(C3=CCC(CN(CCOCC)Cc4ccccc4)=N3)C=C2)cc1. The number of nitrogens with zero attached hydrogens (tertiary/aromatic N) is 3. The van der Waals surface area contributed by atoms with Gasteiger partial charge in [0.05, 0.1) is 6.61 Å². The molecular formula is C36H49N3O. The number of hydrogen-bond acceptors (Lipinski definition) is 4. The number of rotatable bonds is 16. The summed E-state index contributed by atoms with van der Waals surface area (Å²) < 4.78 is 5.67. The summed E-state index contributed by atoms with van der Waals surface area (Å²) in [6.07, 6.45) is 16.3. The summed E-state index contributed by atoms with van der Waals surface area (Å²) >= 11 is 0. The third-order valence-corrected chi connectivity index (χ3v) is 8.12. The summed E-state index contributed by atoms with van der Waals surface area (Å²) in [6, 6.07) is 20.0. The van der Waals surface area contributed by atoms with Crippen LogP contribution in [0, 0.1) is 5.92 Å². The fourth-order valence-corrected chi connectivity index (χ4v) is 5.85. The van der Waals surface area contributed by atoms with Gasteiger partial charge in [-0.05, 0) is 61.4 Å². The summed E-state index contributed by atoms with van der Waals surface area (Å²) in [4.78, 5) is 9.88. The Labute approximate surface area is 243 Å². The van der Waals surface area contributed by atoms with Gasteiger partial charge in [-0.1, -0.05) is 87.4 Å². The van der Waals surface area contributed by atoms with Crippen molar-refractivity contribution in [1.82, 2.24) is 4.90 Å². The topological polar surface area (TPSA) is 28.1 Å². The first kappa shape index (κ1) is 30.0. The maximum absolute atomic E-state index is 5.67. The van der Waals surface area contributed by atoms with E-state index in [4.69, 9.17) is 9.73 Å². The molecule has 4 rings (SSSR count). The predicted molar refractivity (Wildman–Crippen MR) is 171 cm³/mol. The van der Waals surface area contributed by atoms with Gasteiger partial charge in [0.25, 0.3) is 0 Å². The molecule has 2 aliphatic rings. The van der Waals surface area contributed by atoms with Crippen LogP contribution in [0.4, 0.5) is 5.69 Å². The normalized spacial score (nSPS) is 16.9. The van der Waals surface area contributed by atoms with E-state index in [0.29, 0.717) is 11.8 Å². The van der Waals surface area contributed by atoms with Crippen molar-refractivity contribution in [1.29, 1.82) is 0 Å². The Kier molecular flexibility index (Phi) is 11.8. The van der Waals surface area contributed by atoms with Gasteiger partial charge in [0.2, 0.25) is 0 Å². The van der Waals surface area contributed by atoms with E-state index in [1.807, 2.05) is 0 Å². The number of ether oxygens (including phenoxy) is 1. The van der Waals surface area contributed by atoms with E-state index in [-0.39, 0.29) is 0 Å². The van der Waals surface area contributed by atoms with Crippen molar-refractivity contribution in [2.75, 3.05) is 38.3 Å². The Morgan fingerprint density at radius 3 is 2.33 bits per heavy atom. The maximum Gasteiger partial charge on any atom is 0.0593 e. The van der Waals surface area contributed by atoms with E-state index >= 15 is 0 Å². The number of anilines is 1. The third kappa shape index (κ3) is 8.52. The Balaban J connectivity index is 1.33. The summed E-state index contributed by atoms with van der Waals surface area (Å²) in [5.41, 5.74) is 7.80. The van der Waals surface area contributed by atoms with Gasteiger partial charge in [-0.25, -0.2) is 0 Å². The van der Waals surface area contributed by atoms with Gasteiger partial charge in [0.1, 0.15) is 0 Å². The molecule has 0 saturated heterocycles. The summed E-state index contributed by atoms with van der Waals surface area (Å²) in [5, 5.41) is 0. The molecule has 1 aliphatic carbocycles. The summed E-state index contributed by atoms with van der Waals surface area (Å²) in [6.45, 7) is 10.9. The minimum absolute atomic E-state index is 0.354. The Bertz CT molecular complexity index is 1160. The first-order valence-electron chi connectivity index (χ1n) is 15.4. The van der Waals surface area contributed by atoms with E-state index in [0.717, 1.165) is 45.7 Å². The van der Waals surface area contributed by atoms with Crippen molar-refractivity contribution >= 4 is 11.4 Å². The molecule has 214 valence electrons. The number of benzene rings is 2. The second kappa shape index (κ2) is 15.7. The Morgan fingerprint density at radius 1 is 0.925 bits per heavy atom. The van der Waals surface area contributed by atoms with Gasteiger partial charge < -0.3 is 9.64 Å². The Hall–Kier alpha value is -2.95. The minimum Gasteiger partial charge on any atom is -0.380 e. The molecule has 0 amide bonds. The molecule has 4 nitrogen and oxygen atoms in total. The molecule has 0 fully saturated rings. The largest absolute Gasteiger partial charge is 0.380 e. The van der Waals surface area contributed by atoms with Crippen molar-refractivity contribution in [3.8, 4) is 0 Å². The van der Waals surface area contributed by atoms with Crippen LogP contribution in [0.2, 0.25) is 0 Å². The number of aliphatic imine (C=N–C) groups is 1. The molecule has 4 heteroatoms. The second-order valence-electron chi connectivity index (χ2n) is 11.2. The predicted octanol–water partition coefficient (Wildman–Crippen LogP) is 8.53. The zero-order chi connectivity index (χ0) is 28.2. The van der Waals surface area contributed by atoms with Crippen LogP contribution in [0.3, 0.4) is 0 Å². The molecule has 0 N–H and O–H groups in total. The molecule has 0 spiro atoms. The average molecular weight is 540 g/mol. The van der Waals surface area contributed by atoms with E-state index in [9.17, 15) is 0 Å². The minimum atomic E-state index is 0.354. The number of likely N-dealkylation sites (N-methyl/N-ethyl adjacent to an activating group) is 1. The standard InChI is InChI=1S/C36H49N3O/c1-5-11-30(12-6-2)31-15-20-34(21-16-31)38(4)35-22-17-32(18-23-35)36-24-19-33(37-36)28-39(25-26-40-7-3)27-29-13-9-8-10-14-29/h8-10,13-17,20-24,30,32H,5-7,11-12,18-19,25-28H2,1-4H3. The first-order valence-corrected chi connectivity index (χ1v) is 15.4. The zero-order valence-corrected chi connectivity index (χ0v) is 25.2. The van der Waals surface area contributed by atoms with Gasteiger partial charge in [0, 0.05) is 68.4 Å². The van der Waals surface area contributed by atoms with Crippen LogP contribution in [0.15, 0.2) is 95.3 Å². The van der Waals surface area contributed by atoms with Crippen LogP contribution in [-0.4, -0.2) is 44.0 Å². The smallest absolute Gasteiger partial charge is 0.0593 e. The van der Waals surface area contributed by atoms with Crippen molar-refractivity contribution in [3.05, 3.63) is 101 Å². The zero-order valence-electron chi connectivity index (χ0n) is 25.2. The van der Waals surface area contributed by atoms with Gasteiger partial charge in [-0.3, -0.25) is 9.89 Å². The van der Waals surface area contributed by atoms with Crippen molar-refractivity contribution < 1.29 is 4.74 Å². The quantitative estimate of drug-likeness (QED) is 0.200. The average Bonchev–Trinajstić information content (AvgIpc) is 3.46. The molecule has 1 unspecified atom stereocenters. The molecule has 2 aromatic carbocycles. The van der Waals surface area contributed by atoms with Crippen molar-refractivity contribution in [3.63, 3.8) is 0 Å². The molecule has 1 aliphatic heterocycles. The molecule has 0 saturated carbocycles. The fourth-order valence-electron chi connectivity index (χ4n) is 5.85. The van der Waals surface area contributed by atoms with E-state index in [1.54, 1.807) is 0 Å². The van der Waals surface area contributed by atoms with Crippen LogP contribution < -0.4 is 4.90 Å². The fraction of sp³-hybridized carbons (Fsp3) is 0.472. The van der Waals surface area contributed by atoms with Gasteiger partial charge in [-0.2, -0.15) is 0 Å². The Morgan fingerprint density at radius 2 is 1.68 bits per heavy atom. The molecule has 40 heavy (non-hydrogen) atoms. The second-order valence-corrected chi connectivity index (χ2v) is 11.2. The highest BCUT2D eigenvalue weighted by atomic mass is 16.5. The van der Waals surface area contributed by atoms with E-state index in [1.165, 1.54) is 59.6 Å². The third-order valence-electron chi connectivity index (χ3n) is 8.12. The highest BCUT2D eigenvalue weighted by molar-refractivity contribution is 5.90. The van der Waals surface area contributed by atoms with Gasteiger partial charge >= 0.3 is 0 Å². The molecule has 1 heterocycles. The van der Waals surface area contributed by atoms with Crippen LogP contribution in [0.25, 0.3) is 0 Å². The number of hydrogen-bond donors (Lipinski definition) is 0. The van der Waals surface area contributed by atoms with Crippen LogP contribution in [0.1, 0.15) is 76.3 Å². The molecule has 0 radical (unpaired) electrons. The van der Waals surface area contributed by atoms with Gasteiger partial charge in [-0.15, -0.1) is 0 Å². The van der Waals surface area contributed by atoms with Crippen molar-refractivity contribution in [2.24, 2.45) is 10.9 Å². The summed E-state index contributed by atoms with van der Waals surface area (Å²) in [7, 11) is 2.18. The van der Waals surface area contributed by atoms with Crippen molar-refractivity contribution in [2.45, 2.75) is 71.8 Å². The van der Waals surface area contributed by atoms with Gasteiger partial charge in [0.15, 0.2) is 0 Å². The molecular weight excluding hydrogens is 490 g/mol. The highest BCUT2D eigenvalue weighted by Crippen LogP contribution is 2.32. The lowest BCUT2D eigenvalue weighted by molar-refractivity contribution is 0.116. The molecule has 2 aromatic rings. The first-order chi connectivity index (χ1) is 19.6. The molecule has 0 aromatic heterocycles. The lowest BCUT2D eigenvalue weighted by Crippen LogP contribution is -2.32. The van der Waals surface area contributed by atoms with Crippen LogP contribution in [0.5, 0.6) is 0 Å². The highest BCUT2D eigenvalue weighted by Gasteiger charge is 2.21. The van der Waals surface area contributed by atoms with Crippen LogP contribution in [-0.2, 0) is 11.3 Å². The monoisotopic (exact) mass is 539 g/mol. The molecule has 0 bridgehead atoms. The summed E-state index contributed by atoms with van der Waals surface area (Å²) in [5.74, 6) is 1.04.